The first kappa shape index (κ1) is 8.67. The third-order valence-electron chi connectivity index (χ3n) is 0.900. The van der Waals surface area contributed by atoms with Crippen molar-refractivity contribution < 1.29 is 4.43 Å². The maximum Gasteiger partial charge on any atom is 0.178 e. The summed E-state index contributed by atoms with van der Waals surface area (Å²) in [7, 11) is -0.573. The Labute approximate surface area is 58.8 Å². The Hall–Kier alpha value is -0.333. The van der Waals surface area contributed by atoms with Crippen LogP contribution in [0.5, 0.6) is 0 Å². The first-order chi connectivity index (χ1) is 4.16. The minimum absolute atomic E-state index is 0.160. The van der Waals surface area contributed by atoms with Gasteiger partial charge in [-0.25, -0.2) is 0 Å². The van der Waals surface area contributed by atoms with Crippen LogP contribution in [0.2, 0.25) is 5.54 Å². The monoisotopic (exact) mass is 143 g/mol. The number of hydrogen-bond acceptors (Lipinski definition) is 2. The zero-order valence-electron chi connectivity index (χ0n) is 6.22. The molecule has 1 atom stereocenters. The highest BCUT2D eigenvalue weighted by Crippen LogP contribution is 1.99. The topological polar surface area (TPSA) is 33.0 Å². The molecule has 0 amide bonds. The SMILES string of the molecule is CC(C)O[SiH2]C(C)C#N. The zero-order chi connectivity index (χ0) is 7.28. The van der Waals surface area contributed by atoms with Crippen LogP contribution < -0.4 is 0 Å². The highest BCUT2D eigenvalue weighted by Gasteiger charge is 2.01. The van der Waals surface area contributed by atoms with Crippen molar-refractivity contribution in [3.8, 4) is 6.07 Å². The molecule has 52 valence electrons. The summed E-state index contributed by atoms with van der Waals surface area (Å²) in [6.07, 6.45) is 0.299. The van der Waals surface area contributed by atoms with Gasteiger partial charge < -0.3 is 4.43 Å². The van der Waals surface area contributed by atoms with Gasteiger partial charge in [0.25, 0.3) is 0 Å². The summed E-state index contributed by atoms with van der Waals surface area (Å²) in [5.74, 6) is 0. The third-order valence-corrected chi connectivity index (χ3v) is 2.44. The van der Waals surface area contributed by atoms with Crippen molar-refractivity contribution in [1.29, 1.82) is 5.26 Å². The van der Waals surface area contributed by atoms with Crippen molar-refractivity contribution in [2.45, 2.75) is 32.4 Å². The van der Waals surface area contributed by atoms with Gasteiger partial charge in [0.15, 0.2) is 9.76 Å². The van der Waals surface area contributed by atoms with E-state index >= 15 is 0 Å². The molecule has 0 radical (unpaired) electrons. The Kier molecular flexibility index (Phi) is 4.37. The van der Waals surface area contributed by atoms with E-state index in [1.807, 2.05) is 20.8 Å². The van der Waals surface area contributed by atoms with E-state index in [9.17, 15) is 0 Å². The molecule has 0 spiro atoms. The lowest BCUT2D eigenvalue weighted by Gasteiger charge is -2.06. The summed E-state index contributed by atoms with van der Waals surface area (Å²) in [6.45, 7) is 5.91. The molecule has 1 unspecified atom stereocenters. The molecule has 0 fully saturated rings. The van der Waals surface area contributed by atoms with Crippen LogP contribution in [0, 0.1) is 11.3 Å². The summed E-state index contributed by atoms with van der Waals surface area (Å²) >= 11 is 0. The Morgan fingerprint density at radius 1 is 1.44 bits per heavy atom. The second kappa shape index (κ2) is 4.54. The van der Waals surface area contributed by atoms with Crippen LogP contribution in [0.3, 0.4) is 0 Å². The van der Waals surface area contributed by atoms with Crippen LogP contribution in [0.1, 0.15) is 20.8 Å². The van der Waals surface area contributed by atoms with E-state index in [1.54, 1.807) is 0 Å². The average molecular weight is 143 g/mol. The smallest absolute Gasteiger partial charge is 0.178 e. The van der Waals surface area contributed by atoms with Gasteiger partial charge >= 0.3 is 0 Å². The van der Waals surface area contributed by atoms with E-state index in [1.165, 1.54) is 0 Å². The van der Waals surface area contributed by atoms with E-state index in [4.69, 9.17) is 9.69 Å². The molecule has 0 rings (SSSR count). The van der Waals surface area contributed by atoms with Gasteiger partial charge in [-0.3, -0.25) is 0 Å². The van der Waals surface area contributed by atoms with Crippen molar-refractivity contribution in [2.75, 3.05) is 0 Å². The van der Waals surface area contributed by atoms with Gasteiger partial charge in [0.2, 0.25) is 0 Å². The van der Waals surface area contributed by atoms with Crippen molar-refractivity contribution >= 4 is 9.76 Å². The molecule has 0 aromatic rings. The van der Waals surface area contributed by atoms with Crippen LogP contribution in [0.25, 0.3) is 0 Å². The van der Waals surface area contributed by atoms with Crippen LogP contribution in [0.4, 0.5) is 0 Å². The molecular weight excluding hydrogens is 130 g/mol. The van der Waals surface area contributed by atoms with E-state index in [2.05, 4.69) is 6.07 Å². The van der Waals surface area contributed by atoms with Crippen molar-refractivity contribution in [3.05, 3.63) is 0 Å². The summed E-state index contributed by atoms with van der Waals surface area (Å²) in [5.41, 5.74) is 0.160. The molecule has 0 aliphatic rings. The average Bonchev–Trinajstić information content (AvgIpc) is 1.83. The minimum Gasteiger partial charge on any atom is -0.420 e. The molecule has 0 heterocycles. The third kappa shape index (κ3) is 5.54. The van der Waals surface area contributed by atoms with Gasteiger partial charge in [0.1, 0.15) is 0 Å². The van der Waals surface area contributed by atoms with Gasteiger partial charge in [0, 0.05) is 6.10 Å². The molecule has 3 heteroatoms. The van der Waals surface area contributed by atoms with Crippen molar-refractivity contribution in [3.63, 3.8) is 0 Å². The van der Waals surface area contributed by atoms with Crippen molar-refractivity contribution in [2.24, 2.45) is 0 Å². The molecule has 0 saturated heterocycles. The van der Waals surface area contributed by atoms with Gasteiger partial charge in [-0.1, -0.05) is 6.92 Å². The Morgan fingerprint density at radius 3 is 2.33 bits per heavy atom. The predicted octanol–water partition coefficient (Wildman–Crippen LogP) is 0.827. The lowest BCUT2D eigenvalue weighted by Crippen LogP contribution is -2.10. The van der Waals surface area contributed by atoms with Gasteiger partial charge in [0.05, 0.1) is 11.6 Å². The normalized spacial score (nSPS) is 14.6. The maximum atomic E-state index is 8.35. The van der Waals surface area contributed by atoms with Crippen LogP contribution in [-0.4, -0.2) is 15.9 Å². The van der Waals surface area contributed by atoms with Crippen LogP contribution >= 0.6 is 0 Å². The first-order valence-corrected chi connectivity index (χ1v) is 4.57. The summed E-state index contributed by atoms with van der Waals surface area (Å²) < 4.78 is 5.31. The molecular formula is C6H13NOSi. The number of rotatable bonds is 3. The molecule has 0 saturated carbocycles. The second-order valence-electron chi connectivity index (χ2n) is 2.41. The lowest BCUT2D eigenvalue weighted by atomic mass is 10.5. The molecule has 9 heavy (non-hydrogen) atoms. The quantitative estimate of drug-likeness (QED) is 0.548. The minimum atomic E-state index is -0.573. The fraction of sp³-hybridized carbons (Fsp3) is 0.833. The Bertz CT molecular complexity index is 108. The molecule has 0 aliphatic heterocycles. The van der Waals surface area contributed by atoms with E-state index in [0.29, 0.717) is 6.10 Å². The van der Waals surface area contributed by atoms with E-state index < -0.39 is 9.76 Å². The number of nitriles is 1. The summed E-state index contributed by atoms with van der Waals surface area (Å²) in [5, 5.41) is 8.35. The van der Waals surface area contributed by atoms with Crippen LogP contribution in [-0.2, 0) is 4.43 Å². The van der Waals surface area contributed by atoms with Crippen molar-refractivity contribution in [1.82, 2.24) is 0 Å². The first-order valence-electron chi connectivity index (χ1n) is 3.18. The largest absolute Gasteiger partial charge is 0.420 e. The van der Waals surface area contributed by atoms with Gasteiger partial charge in [-0.2, -0.15) is 5.26 Å². The van der Waals surface area contributed by atoms with Gasteiger partial charge in [-0.05, 0) is 13.8 Å². The van der Waals surface area contributed by atoms with E-state index in [0.717, 1.165) is 0 Å². The molecule has 2 nitrogen and oxygen atoms in total. The van der Waals surface area contributed by atoms with Gasteiger partial charge in [-0.15, -0.1) is 0 Å². The van der Waals surface area contributed by atoms with Crippen LogP contribution in [0.15, 0.2) is 0 Å². The summed E-state index contributed by atoms with van der Waals surface area (Å²) in [4.78, 5) is 0. The fourth-order valence-electron chi connectivity index (χ4n) is 0.374. The lowest BCUT2D eigenvalue weighted by molar-refractivity contribution is 0.253. The standard InChI is InChI=1S/C6H13NOSi/c1-5(2)8-9-6(3)4-7/h5-6H,9H2,1-3H3. The predicted molar refractivity (Wildman–Crippen MR) is 39.8 cm³/mol. The second-order valence-corrected chi connectivity index (χ2v) is 4.30. The molecule has 0 aliphatic carbocycles. The zero-order valence-corrected chi connectivity index (χ0v) is 7.63. The maximum absolute atomic E-state index is 8.35. The summed E-state index contributed by atoms with van der Waals surface area (Å²) in [6, 6.07) is 2.16. The number of hydrogen-bond donors (Lipinski definition) is 0. The Balaban J connectivity index is 3.19. The number of nitrogens with zero attached hydrogens (tertiary/aromatic N) is 1. The fourth-order valence-corrected chi connectivity index (χ4v) is 1.12. The highest BCUT2D eigenvalue weighted by atomic mass is 28.2. The van der Waals surface area contributed by atoms with E-state index in [-0.39, 0.29) is 5.54 Å². The Morgan fingerprint density at radius 2 is 2.00 bits per heavy atom. The molecule has 0 aromatic carbocycles. The molecule has 0 N–H and O–H groups in total. The molecule has 0 aromatic heterocycles. The highest BCUT2D eigenvalue weighted by molar-refractivity contribution is 6.30. The molecule has 0 bridgehead atoms.